The molecule has 0 atom stereocenters. The third kappa shape index (κ3) is 8.61. The van der Waals surface area contributed by atoms with E-state index in [0.29, 0.717) is 11.1 Å². The standard InChI is InChI=1S/C38H38N2S5/c1-3-5-7-9-11-33-34(12-10-8-6-4-2)38(36-20-28(24-44-36)18-32(22-40)30-14-16-42-26-30)45-37(33)35-19-27(23-43-35)17-31(21-39)29-13-15-41-25-29/h13-20,23-26H,3-12H2,1-2H3/b31-17+,32-18+. The normalized spacial score (nSPS) is 12.0. The fourth-order valence-electron chi connectivity index (χ4n) is 5.50. The van der Waals surface area contributed by atoms with Crippen molar-refractivity contribution in [3.05, 3.63) is 89.9 Å². The van der Waals surface area contributed by atoms with Gasteiger partial charge in [-0.15, -0.1) is 34.0 Å². The lowest BCUT2D eigenvalue weighted by atomic mass is 9.96. The van der Waals surface area contributed by atoms with Gasteiger partial charge in [0.15, 0.2) is 0 Å². The average molecular weight is 683 g/mol. The summed E-state index contributed by atoms with van der Waals surface area (Å²) < 4.78 is 0. The molecule has 0 bridgehead atoms. The van der Waals surface area contributed by atoms with Gasteiger partial charge in [-0.3, -0.25) is 0 Å². The lowest BCUT2D eigenvalue weighted by Crippen LogP contribution is -1.95. The second-order valence-corrected chi connectivity index (χ2v) is 15.6. The van der Waals surface area contributed by atoms with Crippen molar-refractivity contribution in [3.8, 4) is 31.6 Å². The van der Waals surface area contributed by atoms with E-state index < -0.39 is 0 Å². The summed E-state index contributed by atoms with van der Waals surface area (Å²) >= 11 is 8.77. The molecule has 0 unspecified atom stereocenters. The molecule has 0 fully saturated rings. The highest BCUT2D eigenvalue weighted by molar-refractivity contribution is 7.26. The third-order valence-electron chi connectivity index (χ3n) is 7.89. The van der Waals surface area contributed by atoms with E-state index in [0.717, 1.165) is 35.1 Å². The van der Waals surface area contributed by atoms with E-state index in [4.69, 9.17) is 0 Å². The third-order valence-corrected chi connectivity index (χ3v) is 12.8. The Morgan fingerprint density at radius 1 is 0.644 bits per heavy atom. The summed E-state index contributed by atoms with van der Waals surface area (Å²) in [6.07, 6.45) is 16.2. The molecule has 7 heteroatoms. The minimum Gasteiger partial charge on any atom is -0.192 e. The van der Waals surface area contributed by atoms with E-state index in [-0.39, 0.29) is 0 Å². The van der Waals surface area contributed by atoms with Crippen LogP contribution in [0.15, 0.2) is 56.5 Å². The van der Waals surface area contributed by atoms with Crippen molar-refractivity contribution in [1.82, 2.24) is 0 Å². The Labute approximate surface area is 288 Å². The number of hydrogen-bond acceptors (Lipinski definition) is 7. The van der Waals surface area contributed by atoms with Crippen molar-refractivity contribution in [3.63, 3.8) is 0 Å². The molecule has 0 aliphatic carbocycles. The molecule has 0 aliphatic rings. The zero-order valence-corrected chi connectivity index (χ0v) is 30.0. The first kappa shape index (κ1) is 33.3. The first-order chi connectivity index (χ1) is 22.1. The molecule has 0 N–H and O–H groups in total. The molecule has 230 valence electrons. The van der Waals surface area contributed by atoms with Crippen LogP contribution in [0.2, 0.25) is 0 Å². The van der Waals surface area contributed by atoms with Gasteiger partial charge in [0.25, 0.3) is 0 Å². The second kappa shape index (κ2) is 17.0. The number of unbranched alkanes of at least 4 members (excludes halogenated alkanes) is 6. The van der Waals surface area contributed by atoms with Crippen LogP contribution in [0.25, 0.3) is 42.8 Å². The molecule has 0 spiro atoms. The molecule has 0 saturated carbocycles. The van der Waals surface area contributed by atoms with E-state index >= 15 is 0 Å². The molecule has 5 aromatic rings. The number of thiophene rings is 5. The Hall–Kier alpha value is -3.04. The monoisotopic (exact) mass is 682 g/mol. The van der Waals surface area contributed by atoms with Gasteiger partial charge >= 0.3 is 0 Å². The highest BCUT2D eigenvalue weighted by atomic mass is 32.1. The van der Waals surface area contributed by atoms with Crippen LogP contribution in [0, 0.1) is 22.7 Å². The molecule has 0 aliphatic heterocycles. The van der Waals surface area contributed by atoms with Gasteiger partial charge in [0.2, 0.25) is 0 Å². The first-order valence-electron chi connectivity index (χ1n) is 15.8. The summed E-state index contributed by atoms with van der Waals surface area (Å²) in [7, 11) is 0. The largest absolute Gasteiger partial charge is 0.192 e. The number of nitriles is 2. The van der Waals surface area contributed by atoms with E-state index in [2.05, 4.69) is 48.9 Å². The summed E-state index contributed by atoms with van der Waals surface area (Å²) in [6, 6.07) is 13.4. The Morgan fingerprint density at radius 2 is 1.11 bits per heavy atom. The molecule has 2 nitrogen and oxygen atoms in total. The number of allylic oxidation sites excluding steroid dienone is 2. The predicted octanol–water partition coefficient (Wildman–Crippen LogP) is 13.7. The van der Waals surface area contributed by atoms with Gasteiger partial charge in [-0.1, -0.05) is 52.4 Å². The van der Waals surface area contributed by atoms with Crippen molar-refractivity contribution in [1.29, 1.82) is 10.5 Å². The van der Waals surface area contributed by atoms with E-state index in [1.54, 1.807) is 45.3 Å². The smallest absolute Gasteiger partial charge is 0.0998 e. The molecular weight excluding hydrogens is 645 g/mol. The number of rotatable bonds is 16. The van der Waals surface area contributed by atoms with Crippen LogP contribution in [0.3, 0.4) is 0 Å². The number of hydrogen-bond donors (Lipinski definition) is 0. The zero-order chi connectivity index (χ0) is 31.4. The first-order valence-corrected chi connectivity index (χ1v) is 20.2. The maximum Gasteiger partial charge on any atom is 0.0998 e. The molecule has 45 heavy (non-hydrogen) atoms. The Morgan fingerprint density at radius 3 is 1.49 bits per heavy atom. The van der Waals surface area contributed by atoms with Crippen molar-refractivity contribution >= 4 is 80.0 Å². The van der Waals surface area contributed by atoms with Crippen LogP contribution in [-0.4, -0.2) is 0 Å². The molecule has 5 heterocycles. The van der Waals surface area contributed by atoms with Crippen molar-refractivity contribution in [2.75, 3.05) is 0 Å². The molecule has 0 amide bonds. The van der Waals surface area contributed by atoms with Gasteiger partial charge in [-0.05, 0) is 117 Å². The lowest BCUT2D eigenvalue weighted by molar-refractivity contribution is 0.653. The lowest BCUT2D eigenvalue weighted by Gasteiger charge is -2.09. The molecule has 0 saturated heterocycles. The second-order valence-electron chi connectivity index (χ2n) is 11.2. The summed E-state index contributed by atoms with van der Waals surface area (Å²) in [5.74, 6) is 0. The van der Waals surface area contributed by atoms with E-state index in [1.165, 1.54) is 82.0 Å². The molecule has 0 aromatic carbocycles. The topological polar surface area (TPSA) is 47.6 Å². The Balaban J connectivity index is 1.55. The fourth-order valence-corrected chi connectivity index (χ4v) is 10.2. The fraction of sp³-hybridized carbons (Fsp3) is 0.316. The van der Waals surface area contributed by atoms with Crippen molar-refractivity contribution in [2.24, 2.45) is 0 Å². The summed E-state index contributed by atoms with van der Waals surface area (Å²) in [4.78, 5) is 5.38. The van der Waals surface area contributed by atoms with E-state index in [9.17, 15) is 10.5 Å². The predicted molar refractivity (Wildman–Crippen MR) is 202 cm³/mol. The summed E-state index contributed by atoms with van der Waals surface area (Å²) in [5.41, 5.74) is 8.64. The average Bonchev–Trinajstić information content (AvgIpc) is 3.89. The van der Waals surface area contributed by atoms with Crippen LogP contribution in [-0.2, 0) is 12.8 Å². The highest BCUT2D eigenvalue weighted by Gasteiger charge is 2.22. The Kier molecular flexibility index (Phi) is 12.6. The van der Waals surface area contributed by atoms with Gasteiger partial charge in [0.1, 0.15) is 0 Å². The summed E-state index contributed by atoms with van der Waals surface area (Å²) in [5, 5.41) is 32.2. The van der Waals surface area contributed by atoms with Crippen LogP contribution in [0.4, 0.5) is 0 Å². The molecular formula is C38H38N2S5. The van der Waals surface area contributed by atoms with Gasteiger partial charge in [0.05, 0.1) is 23.3 Å². The molecule has 5 rings (SSSR count). The SMILES string of the molecule is CCCCCCc1c(-c2cc(/C=C(\C#N)c3ccsc3)cs2)sc(-c2cc(/C=C(\C#N)c3ccsc3)cs2)c1CCCCCC. The van der Waals surface area contributed by atoms with Crippen LogP contribution >= 0.6 is 56.7 Å². The van der Waals surface area contributed by atoms with Gasteiger partial charge in [0, 0.05) is 30.6 Å². The van der Waals surface area contributed by atoms with E-state index in [1.807, 2.05) is 57.1 Å². The van der Waals surface area contributed by atoms with Crippen molar-refractivity contribution in [2.45, 2.75) is 78.1 Å². The minimum absolute atomic E-state index is 0.710. The van der Waals surface area contributed by atoms with Crippen LogP contribution in [0.5, 0.6) is 0 Å². The minimum atomic E-state index is 0.710. The quantitative estimate of drug-likeness (QED) is 0.0768. The summed E-state index contributed by atoms with van der Waals surface area (Å²) in [6.45, 7) is 4.55. The maximum atomic E-state index is 9.85. The Bertz CT molecular complexity index is 1660. The highest BCUT2D eigenvalue weighted by Crippen LogP contribution is 2.47. The number of nitrogens with zero attached hydrogens (tertiary/aromatic N) is 2. The van der Waals surface area contributed by atoms with Crippen molar-refractivity contribution < 1.29 is 0 Å². The van der Waals surface area contributed by atoms with Crippen LogP contribution < -0.4 is 0 Å². The zero-order valence-electron chi connectivity index (χ0n) is 25.9. The van der Waals surface area contributed by atoms with Gasteiger partial charge < -0.3 is 0 Å². The van der Waals surface area contributed by atoms with Gasteiger partial charge in [-0.25, -0.2) is 0 Å². The molecule has 0 radical (unpaired) electrons. The maximum absolute atomic E-state index is 9.85. The molecule has 5 aromatic heterocycles. The van der Waals surface area contributed by atoms with Crippen LogP contribution in [0.1, 0.15) is 98.6 Å². The van der Waals surface area contributed by atoms with Gasteiger partial charge in [-0.2, -0.15) is 33.2 Å².